The van der Waals surface area contributed by atoms with Crippen LogP contribution in [0.3, 0.4) is 0 Å². The first-order chi connectivity index (χ1) is 29.8. The number of carbonyl (C=O) groups excluding carboxylic acids is 2. The number of anilines is 1. The molecular formula is C48H48N3O9PS. The molecular weight excluding hydrogens is 826 g/mol. The maximum atomic E-state index is 13.7. The van der Waals surface area contributed by atoms with Gasteiger partial charge in [0.15, 0.2) is 0 Å². The number of rotatable bonds is 15. The number of nitrogens with one attached hydrogen (secondary N) is 1. The Morgan fingerprint density at radius 3 is 1.92 bits per heavy atom. The number of nitrogens with zero attached hydrogens (tertiary/aromatic N) is 2. The summed E-state index contributed by atoms with van der Waals surface area (Å²) in [4.78, 5) is 44.4. The third-order valence-electron chi connectivity index (χ3n) is 10.7. The molecule has 1 unspecified atom stereocenters. The Bertz CT molecular complexity index is 2570. The fourth-order valence-electron chi connectivity index (χ4n) is 7.86. The fraction of sp³-hybridized carbons (Fsp3) is 0.250. The topological polar surface area (TPSA) is 136 Å². The Kier molecular flexibility index (Phi) is 13.5. The van der Waals surface area contributed by atoms with Gasteiger partial charge in [-0.25, -0.2) is 9.59 Å². The number of ether oxygens (including phenoxy) is 4. The highest BCUT2D eigenvalue weighted by Gasteiger charge is 2.44. The SMILES string of the molecule is COc1ccc(C(OC[C@H]2O[C@@H](n3ccc(NC(=O)c4ccccc4)nc3=O)C[C@@H]2OP(C)(=S)OC(=O)c2c(C)cc(C)cc2C)(c2ccccc2)c2ccc(OC)cc2)cc1. The van der Waals surface area contributed by atoms with E-state index in [1.807, 2.05) is 112 Å². The van der Waals surface area contributed by atoms with Gasteiger partial charge in [0.2, 0.25) is 6.49 Å². The first-order valence-electron chi connectivity index (χ1n) is 20.0. The molecule has 0 saturated carbocycles. The molecule has 4 atom stereocenters. The van der Waals surface area contributed by atoms with E-state index in [1.54, 1.807) is 51.2 Å². The molecule has 62 heavy (non-hydrogen) atoms. The van der Waals surface area contributed by atoms with E-state index in [2.05, 4.69) is 10.3 Å². The van der Waals surface area contributed by atoms with Gasteiger partial charge in [0.1, 0.15) is 35.2 Å². The van der Waals surface area contributed by atoms with Crippen LogP contribution >= 0.6 is 6.49 Å². The summed E-state index contributed by atoms with van der Waals surface area (Å²) in [5.41, 5.74) is 3.96. The van der Waals surface area contributed by atoms with E-state index in [-0.39, 0.29) is 18.8 Å². The van der Waals surface area contributed by atoms with E-state index < -0.39 is 48.1 Å². The highest BCUT2D eigenvalue weighted by atomic mass is 32.5. The molecule has 0 spiro atoms. The molecule has 12 nitrogen and oxygen atoms in total. The minimum Gasteiger partial charge on any atom is -0.497 e. The van der Waals surface area contributed by atoms with Gasteiger partial charge in [0, 0.05) is 24.8 Å². The Balaban J connectivity index is 1.24. The van der Waals surface area contributed by atoms with Crippen molar-refractivity contribution in [3.05, 3.63) is 189 Å². The summed E-state index contributed by atoms with van der Waals surface area (Å²) >= 11 is 5.94. The molecule has 320 valence electrons. The Hall–Kier alpha value is -5.95. The summed E-state index contributed by atoms with van der Waals surface area (Å²) in [7, 11) is 3.22. The van der Waals surface area contributed by atoms with Crippen LogP contribution in [-0.4, -0.2) is 61.1 Å². The van der Waals surface area contributed by atoms with Crippen LogP contribution in [0.4, 0.5) is 5.82 Å². The number of amides is 1. The molecule has 0 aliphatic carbocycles. The summed E-state index contributed by atoms with van der Waals surface area (Å²) in [6, 6.07) is 39.1. The van der Waals surface area contributed by atoms with Crippen molar-refractivity contribution < 1.29 is 37.6 Å². The van der Waals surface area contributed by atoms with Gasteiger partial charge in [-0.3, -0.25) is 9.36 Å². The minimum absolute atomic E-state index is 0.0685. The van der Waals surface area contributed by atoms with Crippen LogP contribution in [0, 0.1) is 20.8 Å². The van der Waals surface area contributed by atoms with Gasteiger partial charge in [0.25, 0.3) is 5.91 Å². The molecule has 0 bridgehead atoms. The van der Waals surface area contributed by atoms with Crippen LogP contribution < -0.4 is 20.5 Å². The van der Waals surface area contributed by atoms with Gasteiger partial charge < -0.3 is 33.3 Å². The fourth-order valence-corrected chi connectivity index (χ4v) is 9.54. The van der Waals surface area contributed by atoms with E-state index in [1.165, 1.54) is 16.8 Å². The second kappa shape index (κ2) is 19.0. The quantitative estimate of drug-likeness (QED) is 0.0783. The van der Waals surface area contributed by atoms with Crippen LogP contribution in [0.25, 0.3) is 0 Å². The molecule has 1 aromatic heterocycles. The zero-order valence-electron chi connectivity index (χ0n) is 35.3. The molecule has 1 saturated heterocycles. The summed E-state index contributed by atoms with van der Waals surface area (Å²) in [6.45, 7) is 3.89. The zero-order valence-corrected chi connectivity index (χ0v) is 37.0. The Morgan fingerprint density at radius 2 is 1.37 bits per heavy atom. The van der Waals surface area contributed by atoms with E-state index >= 15 is 0 Å². The van der Waals surface area contributed by atoms with Crippen molar-refractivity contribution in [2.75, 3.05) is 32.8 Å². The van der Waals surface area contributed by atoms with Crippen molar-refractivity contribution in [3.63, 3.8) is 0 Å². The van der Waals surface area contributed by atoms with Gasteiger partial charge >= 0.3 is 11.7 Å². The normalized spacial score (nSPS) is 17.2. The first-order valence-corrected chi connectivity index (χ1v) is 23.1. The Morgan fingerprint density at radius 1 is 0.823 bits per heavy atom. The molecule has 1 amide bonds. The monoisotopic (exact) mass is 873 g/mol. The maximum Gasteiger partial charge on any atom is 0.351 e. The van der Waals surface area contributed by atoms with Gasteiger partial charge in [-0.2, -0.15) is 4.98 Å². The summed E-state index contributed by atoms with van der Waals surface area (Å²) < 4.78 is 38.9. The van der Waals surface area contributed by atoms with Crippen molar-refractivity contribution in [2.24, 2.45) is 0 Å². The lowest BCUT2D eigenvalue weighted by Crippen LogP contribution is -2.38. The third kappa shape index (κ3) is 9.73. The van der Waals surface area contributed by atoms with Crippen LogP contribution in [0.1, 0.15) is 66.7 Å². The van der Waals surface area contributed by atoms with Gasteiger partial charge in [0.05, 0.1) is 32.5 Å². The smallest absolute Gasteiger partial charge is 0.351 e. The number of carbonyl (C=O) groups is 2. The summed E-state index contributed by atoms with van der Waals surface area (Å²) in [5, 5.41) is 2.68. The van der Waals surface area contributed by atoms with E-state index in [0.29, 0.717) is 22.6 Å². The van der Waals surface area contributed by atoms with Crippen LogP contribution in [-0.2, 0) is 35.9 Å². The van der Waals surface area contributed by atoms with Crippen molar-refractivity contribution in [1.29, 1.82) is 0 Å². The first kappa shape index (κ1) is 44.1. The lowest BCUT2D eigenvalue weighted by atomic mass is 9.80. The third-order valence-corrected chi connectivity index (χ3v) is 12.3. The molecule has 1 fully saturated rings. The lowest BCUT2D eigenvalue weighted by molar-refractivity contribution is -0.0915. The minimum atomic E-state index is -3.32. The molecule has 1 aliphatic heterocycles. The largest absolute Gasteiger partial charge is 0.497 e. The molecule has 5 aromatic carbocycles. The summed E-state index contributed by atoms with van der Waals surface area (Å²) in [6.07, 6.45) is -0.912. The van der Waals surface area contributed by atoms with Crippen LogP contribution in [0.5, 0.6) is 11.5 Å². The van der Waals surface area contributed by atoms with Crippen molar-refractivity contribution in [2.45, 2.75) is 51.2 Å². The number of hydrogen-bond donors (Lipinski definition) is 1. The molecule has 2 heterocycles. The molecule has 6 aromatic rings. The predicted octanol–water partition coefficient (Wildman–Crippen LogP) is 8.92. The van der Waals surface area contributed by atoms with Gasteiger partial charge in [-0.1, -0.05) is 90.5 Å². The highest BCUT2D eigenvalue weighted by Crippen LogP contribution is 2.51. The van der Waals surface area contributed by atoms with E-state index in [4.69, 9.17) is 39.8 Å². The van der Waals surface area contributed by atoms with Gasteiger partial charge in [-0.05, 0) is 103 Å². The van der Waals surface area contributed by atoms with Crippen LogP contribution in [0.2, 0.25) is 0 Å². The van der Waals surface area contributed by atoms with Crippen LogP contribution in [0.15, 0.2) is 138 Å². The average molecular weight is 874 g/mol. The summed E-state index contributed by atoms with van der Waals surface area (Å²) in [5.74, 6) is 0.433. The standard InChI is InChI=1S/C48H48N3O9PS/c1-31-27-32(2)44(33(3)28-31)46(53)60-61(6,62)59-40-29-43(51-26-25-42(50-47(51)54)49-45(52)34-13-9-7-10-14-34)58-41(40)30-57-48(35-15-11-8-12-16-35,36-17-21-38(55-4)22-18-36)37-19-23-39(56-5)24-20-37/h7-28,40-41,43H,29-30H2,1-6H3,(H,49,50,52,54)/t40-,41+,43+,61?/m0/s1. The number of hydrogen-bond acceptors (Lipinski definition) is 11. The van der Waals surface area contributed by atoms with Gasteiger partial charge in [-0.15, -0.1) is 0 Å². The molecule has 14 heteroatoms. The second-order valence-electron chi connectivity index (χ2n) is 15.1. The number of benzene rings is 5. The average Bonchev–Trinajstić information content (AvgIpc) is 3.65. The van der Waals surface area contributed by atoms with E-state index in [0.717, 1.165) is 33.4 Å². The molecule has 7 rings (SSSR count). The number of aromatic nitrogens is 2. The lowest BCUT2D eigenvalue weighted by Gasteiger charge is -2.37. The molecule has 1 N–H and O–H groups in total. The number of aryl methyl sites for hydroxylation is 3. The van der Waals surface area contributed by atoms with Crippen molar-refractivity contribution >= 4 is 36.0 Å². The maximum absolute atomic E-state index is 13.7. The molecule has 1 aliphatic rings. The van der Waals surface area contributed by atoms with Crippen molar-refractivity contribution in [3.8, 4) is 11.5 Å². The molecule has 0 radical (unpaired) electrons. The number of methoxy groups -OCH3 is 2. The van der Waals surface area contributed by atoms with Crippen molar-refractivity contribution in [1.82, 2.24) is 9.55 Å². The zero-order chi connectivity index (χ0) is 44.0. The van der Waals surface area contributed by atoms with E-state index in [9.17, 15) is 14.4 Å². The Labute approximate surface area is 365 Å². The predicted molar refractivity (Wildman–Crippen MR) is 241 cm³/mol. The second-order valence-corrected chi connectivity index (χ2v) is 19.0. The highest BCUT2D eigenvalue weighted by molar-refractivity contribution is 8.09.